The predicted molar refractivity (Wildman–Crippen MR) is 53.5 cm³/mol. The minimum atomic E-state index is -3.67. The highest BCUT2D eigenvalue weighted by molar-refractivity contribution is 6.22. The molecule has 0 saturated heterocycles. The van der Waals surface area contributed by atoms with Gasteiger partial charge in [0.25, 0.3) is 0 Å². The lowest BCUT2D eigenvalue weighted by Gasteiger charge is -2.18. The summed E-state index contributed by atoms with van der Waals surface area (Å²) in [5.74, 6) is 0.543. The van der Waals surface area contributed by atoms with Crippen LogP contribution in [0.1, 0.15) is 17.2 Å². The van der Waals surface area contributed by atoms with Crippen molar-refractivity contribution in [3.63, 3.8) is 0 Å². The Labute approximate surface area is 91.4 Å². The van der Waals surface area contributed by atoms with Gasteiger partial charge in [-0.3, -0.25) is 0 Å². The van der Waals surface area contributed by atoms with Gasteiger partial charge < -0.3 is 9.84 Å². The third-order valence-electron chi connectivity index (χ3n) is 2.08. The molecule has 1 rings (SSSR count). The maximum absolute atomic E-state index is 12.6. The van der Waals surface area contributed by atoms with E-state index < -0.39 is 11.5 Å². The van der Waals surface area contributed by atoms with Gasteiger partial charge in [-0.05, 0) is 41.8 Å². The molecule has 0 amide bonds. The van der Waals surface area contributed by atoms with Crippen molar-refractivity contribution < 1.29 is 18.6 Å². The number of alkyl halides is 3. The molecule has 1 aromatic carbocycles. The topological polar surface area (TPSA) is 29.5 Å². The largest absolute Gasteiger partial charge is 0.497 e. The lowest BCUT2D eigenvalue weighted by Crippen LogP contribution is -2.19. The molecule has 84 valence electrons. The average molecular weight is 237 g/mol. The van der Waals surface area contributed by atoms with Crippen molar-refractivity contribution in [3.8, 4) is 5.75 Å². The zero-order valence-corrected chi connectivity index (χ0v) is 9.05. The molecule has 2 nitrogen and oxygen atoms in total. The summed E-state index contributed by atoms with van der Waals surface area (Å²) in [5, 5.41) is 5.61. The molecule has 0 aromatic heterocycles. The summed E-state index contributed by atoms with van der Waals surface area (Å²) in [6, 6.07) is 4.42. The third kappa shape index (κ3) is 2.79. The van der Waals surface area contributed by atoms with Crippen LogP contribution in [-0.2, 0) is 0 Å². The lowest BCUT2D eigenvalue weighted by atomic mass is 10.0. The molecule has 0 radical (unpaired) electrons. The second kappa shape index (κ2) is 4.33. The number of rotatable bonds is 3. The van der Waals surface area contributed by atoms with Crippen molar-refractivity contribution in [3.05, 3.63) is 29.3 Å². The Morgan fingerprint density at radius 1 is 1.47 bits per heavy atom. The number of aliphatic hydroxyl groups is 1. The Bertz CT molecular complexity index is 350. The van der Waals surface area contributed by atoms with Gasteiger partial charge in [0.1, 0.15) is 5.75 Å². The molecule has 0 saturated carbocycles. The summed E-state index contributed by atoms with van der Waals surface area (Å²) in [6.07, 6.45) is -2.01. The van der Waals surface area contributed by atoms with E-state index in [9.17, 15) is 13.9 Å². The number of aryl methyl sites for hydroxylation is 1. The van der Waals surface area contributed by atoms with Crippen molar-refractivity contribution in [1.29, 1.82) is 0 Å². The highest BCUT2D eigenvalue weighted by Gasteiger charge is 2.37. The number of hydrogen-bond acceptors (Lipinski definition) is 2. The Balaban J connectivity index is 3.06. The van der Waals surface area contributed by atoms with Gasteiger partial charge in [0.05, 0.1) is 7.11 Å². The van der Waals surface area contributed by atoms with E-state index in [1.54, 1.807) is 13.0 Å². The summed E-state index contributed by atoms with van der Waals surface area (Å²) >= 11 is 4.75. The van der Waals surface area contributed by atoms with Gasteiger partial charge in [-0.1, -0.05) is 6.07 Å². The number of ether oxygens (including phenoxy) is 1. The zero-order valence-electron chi connectivity index (χ0n) is 8.30. The molecule has 1 unspecified atom stereocenters. The predicted octanol–water partition coefficient (Wildman–Crippen LogP) is 2.87. The molecule has 1 N–H and O–H groups in total. The Hall–Kier alpha value is -0.870. The second-order valence-electron chi connectivity index (χ2n) is 3.17. The summed E-state index contributed by atoms with van der Waals surface area (Å²) in [7, 11) is 1.47. The average Bonchev–Trinajstić information content (AvgIpc) is 2.15. The molecule has 0 aliphatic rings. The summed E-state index contributed by atoms with van der Waals surface area (Å²) in [6.45, 7) is 1.60. The maximum Gasteiger partial charge on any atom is 0.351 e. The van der Waals surface area contributed by atoms with Gasteiger partial charge in [-0.2, -0.15) is 8.78 Å². The summed E-state index contributed by atoms with van der Waals surface area (Å²) in [4.78, 5) is 0. The number of benzene rings is 1. The summed E-state index contributed by atoms with van der Waals surface area (Å²) in [5.41, 5.74) is 0.595. The molecule has 0 fully saturated rings. The van der Waals surface area contributed by atoms with E-state index in [1.807, 2.05) is 0 Å². The monoisotopic (exact) mass is 236 g/mol. The van der Waals surface area contributed by atoms with Crippen molar-refractivity contribution in [2.75, 3.05) is 7.11 Å². The quantitative estimate of drug-likeness (QED) is 0.818. The van der Waals surface area contributed by atoms with Crippen LogP contribution in [0.4, 0.5) is 8.78 Å². The molecule has 1 aromatic rings. The molecule has 0 bridgehead atoms. The fourth-order valence-corrected chi connectivity index (χ4v) is 1.38. The molecular weight excluding hydrogens is 226 g/mol. The Morgan fingerprint density at radius 3 is 2.47 bits per heavy atom. The molecule has 0 aliphatic heterocycles. The molecule has 15 heavy (non-hydrogen) atoms. The number of methoxy groups -OCH3 is 1. The van der Waals surface area contributed by atoms with Gasteiger partial charge in [0.15, 0.2) is 6.10 Å². The van der Waals surface area contributed by atoms with Crippen LogP contribution < -0.4 is 4.74 Å². The van der Waals surface area contributed by atoms with Crippen molar-refractivity contribution in [2.24, 2.45) is 0 Å². The number of halogens is 3. The molecule has 0 heterocycles. The van der Waals surface area contributed by atoms with Gasteiger partial charge in [0.2, 0.25) is 0 Å². The van der Waals surface area contributed by atoms with Crippen molar-refractivity contribution in [2.45, 2.75) is 18.4 Å². The minimum Gasteiger partial charge on any atom is -0.497 e. The first kappa shape index (κ1) is 12.2. The van der Waals surface area contributed by atoms with Crippen LogP contribution >= 0.6 is 11.6 Å². The van der Waals surface area contributed by atoms with Crippen LogP contribution in [0.5, 0.6) is 5.75 Å². The minimum absolute atomic E-state index is 0.0933. The van der Waals surface area contributed by atoms with Crippen LogP contribution in [0.15, 0.2) is 18.2 Å². The highest BCUT2D eigenvalue weighted by Crippen LogP contribution is 2.36. The molecule has 5 heteroatoms. The van der Waals surface area contributed by atoms with Gasteiger partial charge >= 0.3 is 5.38 Å². The highest BCUT2D eigenvalue weighted by atomic mass is 35.5. The molecule has 0 aliphatic carbocycles. The lowest BCUT2D eigenvalue weighted by molar-refractivity contribution is -0.0427. The first-order chi connectivity index (χ1) is 6.86. The standard InChI is InChI=1S/C10H11ClF2O2/c1-6-5-7(15-2)3-4-8(6)9(14)10(11,12)13/h3-5,9,14H,1-2H3. The normalized spacial score (nSPS) is 13.7. The summed E-state index contributed by atoms with van der Waals surface area (Å²) < 4.78 is 30.2. The maximum atomic E-state index is 12.6. The van der Waals surface area contributed by atoms with Crippen molar-refractivity contribution in [1.82, 2.24) is 0 Å². The second-order valence-corrected chi connectivity index (χ2v) is 3.67. The smallest absolute Gasteiger partial charge is 0.351 e. The number of aliphatic hydroxyl groups excluding tert-OH is 1. The fraction of sp³-hybridized carbons (Fsp3) is 0.400. The van der Waals surface area contributed by atoms with E-state index in [-0.39, 0.29) is 5.56 Å². The van der Waals surface area contributed by atoms with Crippen molar-refractivity contribution >= 4 is 11.6 Å². The van der Waals surface area contributed by atoms with E-state index in [0.717, 1.165) is 0 Å². The third-order valence-corrected chi connectivity index (χ3v) is 2.29. The van der Waals surface area contributed by atoms with E-state index in [1.165, 1.54) is 19.2 Å². The van der Waals surface area contributed by atoms with Gasteiger partial charge in [0, 0.05) is 0 Å². The SMILES string of the molecule is COc1ccc(C(O)C(F)(F)Cl)c(C)c1. The van der Waals surface area contributed by atoms with E-state index in [2.05, 4.69) is 0 Å². The van der Waals surface area contributed by atoms with E-state index in [4.69, 9.17) is 16.3 Å². The fourth-order valence-electron chi connectivity index (χ4n) is 1.26. The van der Waals surface area contributed by atoms with Crippen LogP contribution in [0.25, 0.3) is 0 Å². The Morgan fingerprint density at radius 2 is 2.07 bits per heavy atom. The zero-order chi connectivity index (χ0) is 11.6. The Kier molecular flexibility index (Phi) is 3.52. The van der Waals surface area contributed by atoms with Gasteiger partial charge in [-0.25, -0.2) is 0 Å². The van der Waals surface area contributed by atoms with E-state index >= 15 is 0 Å². The molecule has 0 spiro atoms. The van der Waals surface area contributed by atoms with Crippen LogP contribution in [0.3, 0.4) is 0 Å². The van der Waals surface area contributed by atoms with Gasteiger partial charge in [-0.15, -0.1) is 0 Å². The first-order valence-corrected chi connectivity index (χ1v) is 4.63. The molecular formula is C10H11ClF2O2. The van der Waals surface area contributed by atoms with Crippen LogP contribution in [0.2, 0.25) is 0 Å². The van der Waals surface area contributed by atoms with E-state index in [0.29, 0.717) is 11.3 Å². The molecule has 1 atom stereocenters. The number of hydrogen-bond donors (Lipinski definition) is 1. The first-order valence-electron chi connectivity index (χ1n) is 4.25. The van der Waals surface area contributed by atoms with Crippen LogP contribution in [-0.4, -0.2) is 17.6 Å². The van der Waals surface area contributed by atoms with Crippen LogP contribution in [0, 0.1) is 6.92 Å².